The Labute approximate surface area is 117 Å². The van der Waals surface area contributed by atoms with Gasteiger partial charge in [0.25, 0.3) is 0 Å². The maximum Gasteiger partial charge on any atom is 0.239 e. The molecule has 8 nitrogen and oxygen atoms in total. The molecule has 3 N–H and O–H groups in total. The SMILES string of the molecule is CC1(C)C(=O)NC(NC#N)[N-]S1(=O)=O.c1cc[nH+]cc1. The van der Waals surface area contributed by atoms with Crippen LogP contribution in [0.25, 0.3) is 4.72 Å². The van der Waals surface area contributed by atoms with E-state index < -0.39 is 27.0 Å². The summed E-state index contributed by atoms with van der Waals surface area (Å²) in [5.41, 5.74) is 0. The van der Waals surface area contributed by atoms with Gasteiger partial charge in [-0.25, -0.2) is 13.4 Å². The van der Waals surface area contributed by atoms with Gasteiger partial charge in [0, 0.05) is 18.4 Å². The van der Waals surface area contributed by atoms with Crippen LogP contribution in [0.5, 0.6) is 0 Å². The smallest absolute Gasteiger partial charge is 0.239 e. The third-order valence-electron chi connectivity index (χ3n) is 2.51. The Morgan fingerprint density at radius 2 is 2.00 bits per heavy atom. The Morgan fingerprint density at radius 1 is 1.40 bits per heavy atom. The third-order valence-corrected chi connectivity index (χ3v) is 4.48. The second kappa shape index (κ2) is 6.31. The largest absolute Gasteiger partial charge is 0.510 e. The van der Waals surface area contributed by atoms with E-state index in [9.17, 15) is 13.2 Å². The summed E-state index contributed by atoms with van der Waals surface area (Å²) < 4.78 is 24.6. The van der Waals surface area contributed by atoms with Crippen LogP contribution >= 0.6 is 0 Å². The monoisotopic (exact) mass is 297 g/mol. The highest BCUT2D eigenvalue weighted by atomic mass is 32.2. The zero-order valence-electron chi connectivity index (χ0n) is 11.0. The third kappa shape index (κ3) is 3.66. The van der Waals surface area contributed by atoms with Gasteiger partial charge in [-0.15, -0.1) is 0 Å². The second-order valence-corrected chi connectivity index (χ2v) is 6.48. The molecule has 1 aliphatic rings. The van der Waals surface area contributed by atoms with Crippen molar-refractivity contribution in [3.8, 4) is 6.19 Å². The molecule has 0 aromatic carbocycles. The summed E-state index contributed by atoms with van der Waals surface area (Å²) in [6.45, 7) is 2.51. The first-order valence-electron chi connectivity index (χ1n) is 5.64. The number of H-pyrrole nitrogens is 1. The van der Waals surface area contributed by atoms with E-state index in [-0.39, 0.29) is 0 Å². The lowest BCUT2D eigenvalue weighted by atomic mass is 10.2. The number of pyridine rings is 1. The molecule has 108 valence electrons. The average molecular weight is 297 g/mol. The number of nitrogens with zero attached hydrogens (tertiary/aromatic N) is 2. The fourth-order valence-electron chi connectivity index (χ4n) is 1.18. The highest BCUT2D eigenvalue weighted by molar-refractivity contribution is 7.96. The van der Waals surface area contributed by atoms with Crippen LogP contribution in [0.2, 0.25) is 0 Å². The van der Waals surface area contributed by atoms with Gasteiger partial charge in [0.2, 0.25) is 5.91 Å². The minimum atomic E-state index is -3.88. The first-order chi connectivity index (χ1) is 9.31. The minimum Gasteiger partial charge on any atom is -0.510 e. The molecule has 0 spiro atoms. The minimum absolute atomic E-state index is 0.680. The molecular formula is C11H15N5O3S. The summed E-state index contributed by atoms with van der Waals surface area (Å²) in [4.78, 5) is 14.2. The molecule has 0 radical (unpaired) electrons. The molecule has 1 atom stereocenters. The highest BCUT2D eigenvalue weighted by Gasteiger charge is 2.40. The lowest BCUT2D eigenvalue weighted by molar-refractivity contribution is -0.377. The van der Waals surface area contributed by atoms with E-state index in [0.717, 1.165) is 0 Å². The number of nitrogens with one attached hydrogen (secondary N) is 3. The summed E-state index contributed by atoms with van der Waals surface area (Å²) in [6, 6.07) is 5.86. The number of aromatic nitrogens is 1. The normalized spacial score (nSPS) is 22.4. The van der Waals surface area contributed by atoms with Crippen molar-refractivity contribution in [1.29, 1.82) is 5.26 Å². The zero-order valence-corrected chi connectivity index (χ0v) is 11.8. The number of carbonyl (C=O) groups is 1. The van der Waals surface area contributed by atoms with Gasteiger partial charge in [-0.1, -0.05) is 6.07 Å². The van der Waals surface area contributed by atoms with Crippen LogP contribution in [0, 0.1) is 11.5 Å². The Balaban J connectivity index is 0.000000276. The number of hydrogen-bond acceptors (Lipinski definition) is 5. The van der Waals surface area contributed by atoms with E-state index in [4.69, 9.17) is 5.26 Å². The molecule has 0 aliphatic carbocycles. The topological polar surface area (TPSA) is 127 Å². The molecule has 2 heterocycles. The Hall–Kier alpha value is -2.18. The van der Waals surface area contributed by atoms with Crippen molar-refractivity contribution in [3.63, 3.8) is 0 Å². The van der Waals surface area contributed by atoms with Crippen LogP contribution < -0.4 is 15.6 Å². The fourth-order valence-corrected chi connectivity index (χ4v) is 2.12. The van der Waals surface area contributed by atoms with Crippen molar-refractivity contribution >= 4 is 15.9 Å². The maximum absolute atomic E-state index is 11.4. The van der Waals surface area contributed by atoms with Gasteiger partial charge < -0.3 is 15.4 Å². The van der Waals surface area contributed by atoms with E-state index in [0.29, 0.717) is 0 Å². The van der Waals surface area contributed by atoms with Crippen LogP contribution in [0.3, 0.4) is 0 Å². The molecule has 2 rings (SSSR count). The van der Waals surface area contributed by atoms with E-state index in [1.807, 2.05) is 35.9 Å². The average Bonchev–Trinajstić information content (AvgIpc) is 2.39. The van der Waals surface area contributed by atoms with Gasteiger partial charge in [-0.05, 0) is 13.8 Å². The fraction of sp³-hybridized carbons (Fsp3) is 0.364. The number of rotatable bonds is 1. The Bertz CT molecular complexity index is 568. The van der Waals surface area contributed by atoms with Gasteiger partial charge in [-0.2, -0.15) is 5.26 Å². The van der Waals surface area contributed by atoms with Crippen molar-refractivity contribution in [3.05, 3.63) is 35.3 Å². The molecule has 0 bridgehead atoms. The molecule has 0 saturated carbocycles. The first kappa shape index (κ1) is 15.9. The van der Waals surface area contributed by atoms with Crippen LogP contribution in [0.1, 0.15) is 13.8 Å². The van der Waals surface area contributed by atoms with E-state index in [2.05, 4.69) is 15.0 Å². The molecular weight excluding hydrogens is 282 g/mol. The Kier molecular flexibility index (Phi) is 5.01. The van der Waals surface area contributed by atoms with Crippen molar-refractivity contribution in [2.24, 2.45) is 0 Å². The summed E-state index contributed by atoms with van der Waals surface area (Å²) in [7, 11) is -3.88. The number of nitriles is 1. The molecule has 1 unspecified atom stereocenters. The summed E-state index contributed by atoms with van der Waals surface area (Å²) >= 11 is 0. The standard InChI is InChI=1S/C6H9N4O3S.C5H5N/c1-6(2)4(11)9-5(8-3-7)10-14(6,12)13;1-2-4-6-5-3-1/h5,8H,1-2H3,(H,9,11);1-5H/q-1;/p+1. The summed E-state index contributed by atoms with van der Waals surface area (Å²) in [6.07, 6.45) is 4.06. The highest BCUT2D eigenvalue weighted by Crippen LogP contribution is 2.27. The lowest BCUT2D eigenvalue weighted by Crippen LogP contribution is -2.59. The molecule has 1 aromatic rings. The van der Waals surface area contributed by atoms with Crippen molar-refractivity contribution in [2.75, 3.05) is 0 Å². The second-order valence-electron chi connectivity index (χ2n) is 4.30. The van der Waals surface area contributed by atoms with E-state index >= 15 is 0 Å². The molecule has 1 aliphatic heterocycles. The zero-order chi connectivity index (χ0) is 15.2. The van der Waals surface area contributed by atoms with Crippen LogP contribution in [-0.4, -0.2) is 25.4 Å². The molecule has 1 saturated heterocycles. The van der Waals surface area contributed by atoms with Crippen molar-refractivity contribution < 1.29 is 18.2 Å². The van der Waals surface area contributed by atoms with Crippen LogP contribution in [0.4, 0.5) is 0 Å². The maximum atomic E-state index is 11.4. The summed E-state index contributed by atoms with van der Waals surface area (Å²) in [5.74, 6) is -0.680. The van der Waals surface area contributed by atoms with Crippen molar-refractivity contribution in [2.45, 2.75) is 24.9 Å². The summed E-state index contributed by atoms with van der Waals surface area (Å²) in [5, 5.41) is 12.5. The number of amides is 1. The van der Waals surface area contributed by atoms with Gasteiger partial charge in [0.15, 0.2) is 18.6 Å². The van der Waals surface area contributed by atoms with E-state index in [1.165, 1.54) is 20.0 Å². The van der Waals surface area contributed by atoms with Crippen LogP contribution in [0.15, 0.2) is 30.6 Å². The Morgan fingerprint density at radius 3 is 2.35 bits per heavy atom. The van der Waals surface area contributed by atoms with Gasteiger partial charge in [0.05, 0.1) is 10.0 Å². The molecule has 1 fully saturated rings. The quantitative estimate of drug-likeness (QED) is 0.531. The number of aromatic amines is 1. The number of sulfonamides is 1. The predicted octanol–water partition coefficient (Wildman–Crippen LogP) is -0.547. The van der Waals surface area contributed by atoms with Crippen LogP contribution in [-0.2, 0) is 14.8 Å². The number of carbonyl (C=O) groups excluding carboxylic acids is 1. The first-order valence-corrected chi connectivity index (χ1v) is 7.08. The van der Waals surface area contributed by atoms with Gasteiger partial charge in [0.1, 0.15) is 4.75 Å². The molecule has 1 aromatic heterocycles. The molecule has 9 heteroatoms. The number of hydrogen-bond donors (Lipinski definition) is 2. The molecule has 1 amide bonds. The predicted molar refractivity (Wildman–Crippen MR) is 70.0 cm³/mol. The molecule has 20 heavy (non-hydrogen) atoms. The van der Waals surface area contributed by atoms with Gasteiger partial charge in [-0.3, -0.25) is 4.79 Å². The van der Waals surface area contributed by atoms with Gasteiger partial charge >= 0.3 is 0 Å². The van der Waals surface area contributed by atoms with Crippen molar-refractivity contribution in [1.82, 2.24) is 10.6 Å². The van der Waals surface area contributed by atoms with E-state index in [1.54, 1.807) is 0 Å². The lowest BCUT2D eigenvalue weighted by Gasteiger charge is -2.43.